The van der Waals surface area contributed by atoms with E-state index >= 15 is 0 Å². The fourth-order valence-corrected chi connectivity index (χ4v) is 2.19. The van der Waals surface area contributed by atoms with E-state index in [1.807, 2.05) is 0 Å². The molecule has 1 aromatic rings. The summed E-state index contributed by atoms with van der Waals surface area (Å²) in [7, 11) is 0. The normalized spacial score (nSPS) is 22.4. The lowest BCUT2D eigenvalue weighted by Gasteiger charge is -2.03. The molecule has 1 atom stereocenters. The third kappa shape index (κ3) is 2.22. The Kier molecular flexibility index (Phi) is 2.85. The van der Waals surface area contributed by atoms with Crippen LogP contribution in [0.25, 0.3) is 0 Å². The molecule has 5 heteroatoms. The van der Waals surface area contributed by atoms with Crippen LogP contribution in [0.4, 0.5) is 0 Å². The van der Waals surface area contributed by atoms with Crippen LogP contribution in [0.2, 0.25) is 0 Å². The Morgan fingerprint density at radius 3 is 3.23 bits per heavy atom. The van der Waals surface area contributed by atoms with Crippen molar-refractivity contribution in [1.82, 2.24) is 15.2 Å². The van der Waals surface area contributed by atoms with Crippen LogP contribution in [0.3, 0.4) is 0 Å². The smallest absolute Gasteiger partial charge is 0.210 e. The Morgan fingerprint density at radius 2 is 2.62 bits per heavy atom. The average Bonchev–Trinajstić information content (AvgIpc) is 2.76. The van der Waals surface area contributed by atoms with Gasteiger partial charge >= 0.3 is 0 Å². The van der Waals surface area contributed by atoms with Crippen molar-refractivity contribution in [2.45, 2.75) is 36.8 Å². The first-order chi connectivity index (χ1) is 6.38. The van der Waals surface area contributed by atoms with E-state index in [4.69, 9.17) is 4.74 Å². The molecule has 4 nitrogen and oxygen atoms in total. The minimum atomic E-state index is 0.264. The van der Waals surface area contributed by atoms with Gasteiger partial charge in [-0.05, 0) is 12.8 Å². The molecule has 13 heavy (non-hydrogen) atoms. The molecule has 72 valence electrons. The van der Waals surface area contributed by atoms with Gasteiger partial charge in [0.1, 0.15) is 11.3 Å². The van der Waals surface area contributed by atoms with Crippen LogP contribution in [0, 0.1) is 0 Å². The summed E-state index contributed by atoms with van der Waals surface area (Å²) >= 11 is 1.61. The topological polar surface area (TPSA) is 50.8 Å². The number of nitrogens with one attached hydrogen (secondary N) is 1. The molecule has 0 saturated carbocycles. The Bertz CT molecular complexity index is 270. The minimum Gasteiger partial charge on any atom is -0.367 e. The van der Waals surface area contributed by atoms with Crippen molar-refractivity contribution in [1.29, 1.82) is 0 Å². The molecule has 1 aliphatic rings. The Hall–Kier alpha value is -0.550. The summed E-state index contributed by atoms with van der Waals surface area (Å²) in [5, 5.41) is 7.80. The van der Waals surface area contributed by atoms with Crippen LogP contribution in [0.15, 0.2) is 5.16 Å². The molecule has 0 radical (unpaired) electrons. The number of ether oxygens (including phenoxy) is 1. The van der Waals surface area contributed by atoms with Gasteiger partial charge in [-0.3, -0.25) is 5.10 Å². The molecule has 1 N–H and O–H groups in total. The van der Waals surface area contributed by atoms with Gasteiger partial charge in [-0.15, -0.1) is 5.10 Å². The van der Waals surface area contributed by atoms with Crippen LogP contribution in [-0.2, 0) is 11.2 Å². The summed E-state index contributed by atoms with van der Waals surface area (Å²) in [6, 6.07) is 0. The number of thioether (sulfide) groups is 1. The molecule has 1 aromatic heterocycles. The number of hydrogen-bond acceptors (Lipinski definition) is 4. The number of H-pyrrole nitrogens is 1. The highest BCUT2D eigenvalue weighted by molar-refractivity contribution is 7.99. The van der Waals surface area contributed by atoms with Crippen molar-refractivity contribution in [3.63, 3.8) is 0 Å². The Labute approximate surface area is 81.5 Å². The van der Waals surface area contributed by atoms with Gasteiger partial charge < -0.3 is 4.74 Å². The van der Waals surface area contributed by atoms with E-state index in [2.05, 4.69) is 22.1 Å². The van der Waals surface area contributed by atoms with Gasteiger partial charge in [-0.25, -0.2) is 4.98 Å². The van der Waals surface area contributed by atoms with Crippen LogP contribution >= 0.6 is 11.8 Å². The standard InChI is InChI=1S/C8H13N3OS/c1-2-6-9-8(11-10-6)13-7-4-3-5-12-7/h7H,2-5H2,1H3,(H,9,10,11). The molecule has 1 saturated heterocycles. The third-order valence-electron chi connectivity index (χ3n) is 1.97. The highest BCUT2D eigenvalue weighted by atomic mass is 32.2. The summed E-state index contributed by atoms with van der Waals surface area (Å²) < 4.78 is 5.47. The fourth-order valence-electron chi connectivity index (χ4n) is 1.25. The number of aryl methyl sites for hydroxylation is 1. The highest BCUT2D eigenvalue weighted by Crippen LogP contribution is 2.28. The second-order valence-electron chi connectivity index (χ2n) is 2.98. The van der Waals surface area contributed by atoms with E-state index in [0.717, 1.165) is 36.9 Å². The van der Waals surface area contributed by atoms with Gasteiger partial charge in [-0.2, -0.15) is 0 Å². The van der Waals surface area contributed by atoms with Crippen molar-refractivity contribution in [3.05, 3.63) is 5.82 Å². The highest BCUT2D eigenvalue weighted by Gasteiger charge is 2.18. The molecular formula is C8H13N3OS. The third-order valence-corrected chi connectivity index (χ3v) is 3.00. The maximum Gasteiger partial charge on any atom is 0.210 e. The summed E-state index contributed by atoms with van der Waals surface area (Å²) in [6.07, 6.45) is 3.17. The molecule has 2 rings (SSSR count). The number of aromatic amines is 1. The van der Waals surface area contributed by atoms with E-state index in [1.54, 1.807) is 11.8 Å². The van der Waals surface area contributed by atoms with Crippen LogP contribution in [0.5, 0.6) is 0 Å². The lowest BCUT2D eigenvalue weighted by atomic mass is 10.4. The lowest BCUT2D eigenvalue weighted by Crippen LogP contribution is -1.98. The van der Waals surface area contributed by atoms with Gasteiger partial charge in [0, 0.05) is 13.0 Å². The number of hydrogen-bond donors (Lipinski definition) is 1. The second-order valence-corrected chi connectivity index (χ2v) is 4.11. The molecule has 1 aliphatic heterocycles. The van der Waals surface area contributed by atoms with Crippen molar-refractivity contribution in [2.24, 2.45) is 0 Å². The molecule has 0 aliphatic carbocycles. The first-order valence-corrected chi connectivity index (χ1v) is 5.46. The fraction of sp³-hybridized carbons (Fsp3) is 0.750. The van der Waals surface area contributed by atoms with Crippen LogP contribution in [0.1, 0.15) is 25.6 Å². The zero-order valence-corrected chi connectivity index (χ0v) is 8.43. The molecule has 1 unspecified atom stereocenters. The first kappa shape index (κ1) is 9.02. The Morgan fingerprint density at radius 1 is 1.69 bits per heavy atom. The molecule has 1 fully saturated rings. The van der Waals surface area contributed by atoms with Crippen molar-refractivity contribution >= 4 is 11.8 Å². The zero-order chi connectivity index (χ0) is 9.10. The van der Waals surface area contributed by atoms with Gasteiger partial charge in [0.05, 0.1) is 0 Å². The van der Waals surface area contributed by atoms with Gasteiger partial charge in [0.2, 0.25) is 5.16 Å². The van der Waals surface area contributed by atoms with Crippen LogP contribution < -0.4 is 0 Å². The van der Waals surface area contributed by atoms with E-state index in [-0.39, 0.29) is 5.44 Å². The zero-order valence-electron chi connectivity index (χ0n) is 7.62. The lowest BCUT2D eigenvalue weighted by molar-refractivity contribution is 0.173. The summed E-state index contributed by atoms with van der Waals surface area (Å²) in [4.78, 5) is 4.31. The van der Waals surface area contributed by atoms with E-state index < -0.39 is 0 Å². The van der Waals surface area contributed by atoms with Crippen molar-refractivity contribution in [3.8, 4) is 0 Å². The van der Waals surface area contributed by atoms with Gasteiger partial charge in [0.25, 0.3) is 0 Å². The predicted octanol–water partition coefficient (Wildman–Crippen LogP) is 1.60. The minimum absolute atomic E-state index is 0.264. The number of nitrogens with zero attached hydrogens (tertiary/aromatic N) is 2. The maximum atomic E-state index is 5.47. The summed E-state index contributed by atoms with van der Waals surface area (Å²) in [5.74, 6) is 0.945. The van der Waals surface area contributed by atoms with E-state index in [1.165, 1.54) is 0 Å². The van der Waals surface area contributed by atoms with Crippen LogP contribution in [-0.4, -0.2) is 27.2 Å². The molecular weight excluding hydrogens is 186 g/mol. The maximum absolute atomic E-state index is 5.47. The number of aromatic nitrogens is 3. The second kappa shape index (κ2) is 4.11. The molecule has 0 bridgehead atoms. The average molecular weight is 199 g/mol. The van der Waals surface area contributed by atoms with Crippen molar-refractivity contribution < 1.29 is 4.74 Å². The van der Waals surface area contributed by atoms with E-state index in [0.29, 0.717) is 0 Å². The SMILES string of the molecule is CCc1nc(SC2CCCO2)n[nH]1. The summed E-state index contributed by atoms with van der Waals surface area (Å²) in [6.45, 7) is 2.93. The monoisotopic (exact) mass is 199 g/mol. The van der Waals surface area contributed by atoms with Crippen molar-refractivity contribution in [2.75, 3.05) is 6.61 Å². The number of rotatable bonds is 3. The van der Waals surface area contributed by atoms with E-state index in [9.17, 15) is 0 Å². The quantitative estimate of drug-likeness (QED) is 0.803. The van der Waals surface area contributed by atoms with Gasteiger partial charge in [0.15, 0.2) is 0 Å². The molecule has 0 spiro atoms. The molecule has 0 aromatic carbocycles. The predicted molar refractivity (Wildman–Crippen MR) is 50.6 cm³/mol. The molecule has 2 heterocycles. The van der Waals surface area contributed by atoms with Gasteiger partial charge in [-0.1, -0.05) is 18.7 Å². The first-order valence-electron chi connectivity index (χ1n) is 4.58. The Balaban J connectivity index is 1.92. The summed E-state index contributed by atoms with van der Waals surface area (Å²) in [5.41, 5.74) is 0.264. The molecule has 0 amide bonds. The largest absolute Gasteiger partial charge is 0.367 e.